The van der Waals surface area contributed by atoms with Crippen LogP contribution in [0.3, 0.4) is 0 Å². The summed E-state index contributed by atoms with van der Waals surface area (Å²) in [5, 5.41) is 7.81. The van der Waals surface area contributed by atoms with Crippen molar-refractivity contribution in [3.8, 4) is 0 Å². The summed E-state index contributed by atoms with van der Waals surface area (Å²) in [5.41, 5.74) is 0.524. The molecule has 92 valence electrons. The van der Waals surface area contributed by atoms with Crippen LogP contribution in [0.5, 0.6) is 0 Å². The number of nitrogens with zero attached hydrogens (tertiary/aromatic N) is 3. The molecule has 0 spiro atoms. The van der Waals surface area contributed by atoms with Crippen molar-refractivity contribution < 1.29 is 0 Å². The maximum absolute atomic E-state index is 3.99. The molecule has 3 heteroatoms. The van der Waals surface area contributed by atoms with Gasteiger partial charge in [-0.05, 0) is 24.7 Å². The highest BCUT2D eigenvalue weighted by Gasteiger charge is 2.20. The number of aromatic nitrogens is 3. The van der Waals surface area contributed by atoms with Crippen LogP contribution in [0.2, 0.25) is 0 Å². The Morgan fingerprint density at radius 1 is 1.19 bits per heavy atom. The van der Waals surface area contributed by atoms with E-state index in [9.17, 15) is 0 Å². The van der Waals surface area contributed by atoms with E-state index in [1.165, 1.54) is 38.5 Å². The lowest BCUT2D eigenvalue weighted by Gasteiger charge is -2.28. The standard InChI is InChI=1S/C13H25N3/c1-4-6-8-13(3,5-2)9-7-11-16-12-10-14-15-16/h10,12H,4-9,11H2,1-3H3. The van der Waals surface area contributed by atoms with Crippen LogP contribution in [0, 0.1) is 5.41 Å². The molecule has 0 fully saturated rings. The van der Waals surface area contributed by atoms with Gasteiger partial charge in [0.15, 0.2) is 0 Å². The van der Waals surface area contributed by atoms with Gasteiger partial charge in [0.05, 0.1) is 6.20 Å². The zero-order valence-electron chi connectivity index (χ0n) is 10.9. The van der Waals surface area contributed by atoms with Gasteiger partial charge in [0.2, 0.25) is 0 Å². The van der Waals surface area contributed by atoms with E-state index in [4.69, 9.17) is 0 Å². The first kappa shape index (κ1) is 13.2. The maximum atomic E-state index is 3.99. The van der Waals surface area contributed by atoms with Gasteiger partial charge >= 0.3 is 0 Å². The number of hydrogen-bond donors (Lipinski definition) is 0. The first-order chi connectivity index (χ1) is 7.70. The predicted octanol–water partition coefficient (Wildman–Crippen LogP) is 3.66. The largest absolute Gasteiger partial charge is 0.253 e. The van der Waals surface area contributed by atoms with E-state index < -0.39 is 0 Å². The number of hydrogen-bond acceptors (Lipinski definition) is 2. The Morgan fingerprint density at radius 3 is 2.50 bits per heavy atom. The Bertz CT molecular complexity index is 269. The van der Waals surface area contributed by atoms with Crippen molar-refractivity contribution in [3.05, 3.63) is 12.4 Å². The van der Waals surface area contributed by atoms with E-state index in [-0.39, 0.29) is 0 Å². The number of rotatable bonds is 8. The summed E-state index contributed by atoms with van der Waals surface area (Å²) in [5.74, 6) is 0. The monoisotopic (exact) mass is 223 g/mol. The average molecular weight is 223 g/mol. The van der Waals surface area contributed by atoms with Gasteiger partial charge in [-0.2, -0.15) is 0 Å². The van der Waals surface area contributed by atoms with Gasteiger partial charge in [0.1, 0.15) is 0 Å². The minimum atomic E-state index is 0.524. The van der Waals surface area contributed by atoms with Crippen LogP contribution in [0.4, 0.5) is 0 Å². The van der Waals surface area contributed by atoms with E-state index in [2.05, 4.69) is 31.1 Å². The lowest BCUT2D eigenvalue weighted by Crippen LogP contribution is -2.16. The lowest BCUT2D eigenvalue weighted by molar-refractivity contribution is 0.240. The van der Waals surface area contributed by atoms with E-state index in [1.54, 1.807) is 6.20 Å². The molecule has 16 heavy (non-hydrogen) atoms. The third-order valence-corrected chi connectivity index (χ3v) is 3.63. The summed E-state index contributed by atoms with van der Waals surface area (Å²) in [4.78, 5) is 0. The molecular weight excluding hydrogens is 198 g/mol. The van der Waals surface area contributed by atoms with Crippen LogP contribution in [0.15, 0.2) is 12.4 Å². The highest BCUT2D eigenvalue weighted by Crippen LogP contribution is 2.33. The Kier molecular flexibility index (Phi) is 5.50. The molecule has 1 atom stereocenters. The average Bonchev–Trinajstić information content (AvgIpc) is 2.79. The summed E-state index contributed by atoms with van der Waals surface area (Å²) in [6.07, 6.45) is 11.5. The maximum Gasteiger partial charge on any atom is 0.0692 e. The Balaban J connectivity index is 2.27. The molecule has 1 heterocycles. The summed E-state index contributed by atoms with van der Waals surface area (Å²) in [7, 11) is 0. The molecule has 0 bridgehead atoms. The SMILES string of the molecule is CCCCC(C)(CC)CCCn1ccnn1. The third kappa shape index (κ3) is 4.33. The van der Waals surface area contributed by atoms with Crippen molar-refractivity contribution in [2.24, 2.45) is 5.41 Å². The van der Waals surface area contributed by atoms with Crippen molar-refractivity contribution >= 4 is 0 Å². The lowest BCUT2D eigenvalue weighted by atomic mass is 9.78. The second-order valence-corrected chi connectivity index (χ2v) is 5.04. The third-order valence-electron chi connectivity index (χ3n) is 3.63. The van der Waals surface area contributed by atoms with Gasteiger partial charge in [0, 0.05) is 12.7 Å². The van der Waals surface area contributed by atoms with Crippen molar-refractivity contribution in [3.63, 3.8) is 0 Å². The first-order valence-electron chi connectivity index (χ1n) is 6.54. The van der Waals surface area contributed by atoms with Crippen LogP contribution in [-0.4, -0.2) is 15.0 Å². The molecule has 0 N–H and O–H groups in total. The molecule has 1 aromatic heterocycles. The van der Waals surface area contributed by atoms with Gasteiger partial charge in [-0.15, -0.1) is 5.10 Å². The Morgan fingerprint density at radius 2 is 1.94 bits per heavy atom. The van der Waals surface area contributed by atoms with E-state index in [0.717, 1.165) is 6.54 Å². The molecule has 0 aliphatic carbocycles. The number of aryl methyl sites for hydroxylation is 1. The fourth-order valence-corrected chi connectivity index (χ4v) is 2.10. The van der Waals surface area contributed by atoms with Crippen molar-refractivity contribution in [1.29, 1.82) is 0 Å². The van der Waals surface area contributed by atoms with Gasteiger partial charge in [-0.1, -0.05) is 45.2 Å². The van der Waals surface area contributed by atoms with Crippen molar-refractivity contribution in [2.45, 2.75) is 65.8 Å². The minimum absolute atomic E-state index is 0.524. The van der Waals surface area contributed by atoms with Gasteiger partial charge < -0.3 is 0 Å². The smallest absolute Gasteiger partial charge is 0.0692 e. The molecule has 0 aromatic carbocycles. The minimum Gasteiger partial charge on any atom is -0.253 e. The van der Waals surface area contributed by atoms with Crippen LogP contribution in [0.25, 0.3) is 0 Å². The molecule has 0 radical (unpaired) electrons. The highest BCUT2D eigenvalue weighted by atomic mass is 15.4. The Hall–Kier alpha value is -0.860. The highest BCUT2D eigenvalue weighted by molar-refractivity contribution is 4.73. The predicted molar refractivity (Wildman–Crippen MR) is 67.2 cm³/mol. The van der Waals surface area contributed by atoms with Crippen LogP contribution in [0.1, 0.15) is 59.3 Å². The van der Waals surface area contributed by atoms with E-state index >= 15 is 0 Å². The van der Waals surface area contributed by atoms with Crippen molar-refractivity contribution in [1.82, 2.24) is 15.0 Å². The summed E-state index contributed by atoms with van der Waals surface area (Å²) in [6.45, 7) is 8.00. The van der Waals surface area contributed by atoms with Crippen molar-refractivity contribution in [2.75, 3.05) is 0 Å². The molecular formula is C13H25N3. The zero-order valence-corrected chi connectivity index (χ0v) is 10.9. The summed E-state index contributed by atoms with van der Waals surface area (Å²) < 4.78 is 1.93. The molecule has 1 rings (SSSR count). The molecule has 3 nitrogen and oxygen atoms in total. The normalized spacial score (nSPS) is 14.9. The fourth-order valence-electron chi connectivity index (χ4n) is 2.10. The van der Waals surface area contributed by atoms with Crippen LogP contribution < -0.4 is 0 Å². The first-order valence-corrected chi connectivity index (χ1v) is 6.54. The number of unbranched alkanes of at least 4 members (excludes halogenated alkanes) is 1. The molecule has 0 saturated carbocycles. The Labute approximate surface area is 99.2 Å². The quantitative estimate of drug-likeness (QED) is 0.673. The summed E-state index contributed by atoms with van der Waals surface area (Å²) in [6, 6.07) is 0. The molecule has 0 saturated heterocycles. The molecule has 0 amide bonds. The van der Waals surface area contributed by atoms with Crippen LogP contribution >= 0.6 is 0 Å². The summed E-state index contributed by atoms with van der Waals surface area (Å²) >= 11 is 0. The molecule has 0 aliphatic heterocycles. The topological polar surface area (TPSA) is 30.7 Å². The van der Waals surface area contributed by atoms with E-state index in [0.29, 0.717) is 5.41 Å². The second-order valence-electron chi connectivity index (χ2n) is 5.04. The van der Waals surface area contributed by atoms with E-state index in [1.807, 2.05) is 10.9 Å². The zero-order chi connectivity index (χ0) is 11.9. The van der Waals surface area contributed by atoms with Gasteiger partial charge in [-0.25, -0.2) is 0 Å². The van der Waals surface area contributed by atoms with Crippen LogP contribution in [-0.2, 0) is 6.54 Å². The molecule has 1 unspecified atom stereocenters. The van der Waals surface area contributed by atoms with Gasteiger partial charge in [-0.3, -0.25) is 4.68 Å². The molecule has 1 aromatic rings. The molecule has 0 aliphatic rings. The van der Waals surface area contributed by atoms with Gasteiger partial charge in [0.25, 0.3) is 0 Å². The fraction of sp³-hybridized carbons (Fsp3) is 0.846. The second kappa shape index (κ2) is 6.66.